The molecule has 2 saturated carbocycles. The molecule has 1 aliphatic heterocycles. The van der Waals surface area contributed by atoms with Gasteiger partial charge in [-0.2, -0.15) is 0 Å². The van der Waals surface area contributed by atoms with Crippen molar-refractivity contribution in [2.24, 2.45) is 5.92 Å². The predicted octanol–water partition coefficient (Wildman–Crippen LogP) is 2.41. The van der Waals surface area contributed by atoms with Gasteiger partial charge in [0.25, 0.3) is 0 Å². The monoisotopic (exact) mass is 266 g/mol. The van der Waals surface area contributed by atoms with E-state index in [1.54, 1.807) is 0 Å². The van der Waals surface area contributed by atoms with E-state index in [4.69, 9.17) is 4.74 Å². The van der Waals surface area contributed by atoms with E-state index in [2.05, 4.69) is 17.1 Å². The van der Waals surface area contributed by atoms with Crippen molar-refractivity contribution in [3.05, 3.63) is 0 Å². The Labute approximate surface area is 118 Å². The summed E-state index contributed by atoms with van der Waals surface area (Å²) in [6.07, 6.45) is 9.64. The summed E-state index contributed by atoms with van der Waals surface area (Å²) in [6, 6.07) is 0.788. The Bertz CT molecular complexity index is 284. The Morgan fingerprint density at radius 2 is 2.00 bits per heavy atom. The van der Waals surface area contributed by atoms with Gasteiger partial charge in [-0.15, -0.1) is 0 Å². The smallest absolute Gasteiger partial charge is 0.0593 e. The van der Waals surface area contributed by atoms with Gasteiger partial charge in [-0.25, -0.2) is 0 Å². The second-order valence-corrected chi connectivity index (χ2v) is 6.86. The number of nitrogens with zero attached hydrogens (tertiary/aromatic N) is 1. The maximum absolute atomic E-state index is 5.72. The zero-order chi connectivity index (χ0) is 13.1. The second-order valence-electron chi connectivity index (χ2n) is 6.86. The van der Waals surface area contributed by atoms with Crippen LogP contribution < -0.4 is 5.32 Å². The molecule has 3 nitrogen and oxygen atoms in total. The number of piperazine rings is 1. The largest absolute Gasteiger partial charge is 0.380 e. The van der Waals surface area contributed by atoms with Crippen LogP contribution in [0.1, 0.15) is 51.9 Å². The van der Waals surface area contributed by atoms with Crippen LogP contribution in [0.25, 0.3) is 0 Å². The average Bonchev–Trinajstić information content (AvgIpc) is 3.17. The Morgan fingerprint density at radius 1 is 1.21 bits per heavy atom. The van der Waals surface area contributed by atoms with Gasteiger partial charge in [-0.1, -0.05) is 19.8 Å². The summed E-state index contributed by atoms with van der Waals surface area (Å²) in [5, 5.41) is 3.91. The van der Waals surface area contributed by atoms with Crippen LogP contribution in [0, 0.1) is 5.92 Å². The van der Waals surface area contributed by atoms with Gasteiger partial charge in [0.1, 0.15) is 0 Å². The molecule has 2 aliphatic carbocycles. The van der Waals surface area contributed by atoms with E-state index >= 15 is 0 Å². The summed E-state index contributed by atoms with van der Waals surface area (Å²) >= 11 is 0. The van der Waals surface area contributed by atoms with Crippen LogP contribution in [0.15, 0.2) is 0 Å². The molecule has 0 aromatic rings. The first-order valence-electron chi connectivity index (χ1n) is 8.40. The maximum atomic E-state index is 5.72. The van der Waals surface area contributed by atoms with E-state index in [1.165, 1.54) is 51.6 Å². The SMILES string of the molecule is CCCOCCN1CC2(CCCC2)NCC1C1CC1. The summed E-state index contributed by atoms with van der Waals surface area (Å²) in [4.78, 5) is 2.76. The van der Waals surface area contributed by atoms with Crippen LogP contribution in [-0.2, 0) is 4.74 Å². The van der Waals surface area contributed by atoms with Crippen molar-refractivity contribution in [1.29, 1.82) is 0 Å². The van der Waals surface area contributed by atoms with Gasteiger partial charge < -0.3 is 10.1 Å². The van der Waals surface area contributed by atoms with Gasteiger partial charge in [0.05, 0.1) is 6.61 Å². The van der Waals surface area contributed by atoms with Gasteiger partial charge in [0, 0.05) is 37.8 Å². The highest BCUT2D eigenvalue weighted by Crippen LogP contribution is 2.40. The highest BCUT2D eigenvalue weighted by atomic mass is 16.5. The fourth-order valence-corrected chi connectivity index (χ4v) is 4.02. The van der Waals surface area contributed by atoms with Crippen molar-refractivity contribution >= 4 is 0 Å². The third kappa shape index (κ3) is 3.32. The van der Waals surface area contributed by atoms with Crippen molar-refractivity contribution in [3.8, 4) is 0 Å². The highest BCUT2D eigenvalue weighted by molar-refractivity contribution is 5.03. The van der Waals surface area contributed by atoms with Crippen LogP contribution in [0.2, 0.25) is 0 Å². The first-order chi connectivity index (χ1) is 9.33. The summed E-state index contributed by atoms with van der Waals surface area (Å²) in [6.45, 7) is 7.66. The molecule has 0 radical (unpaired) electrons. The quantitative estimate of drug-likeness (QED) is 0.747. The molecule has 1 atom stereocenters. The van der Waals surface area contributed by atoms with Crippen LogP contribution in [0.3, 0.4) is 0 Å². The average molecular weight is 266 g/mol. The van der Waals surface area contributed by atoms with E-state index in [9.17, 15) is 0 Å². The molecule has 1 saturated heterocycles. The third-order valence-corrected chi connectivity index (χ3v) is 5.26. The molecule has 3 heteroatoms. The molecule has 0 aromatic heterocycles. The topological polar surface area (TPSA) is 24.5 Å². The molecule has 0 amide bonds. The van der Waals surface area contributed by atoms with E-state index in [1.807, 2.05) is 0 Å². The second kappa shape index (κ2) is 6.11. The number of nitrogens with one attached hydrogen (secondary N) is 1. The Morgan fingerprint density at radius 3 is 2.68 bits per heavy atom. The predicted molar refractivity (Wildman–Crippen MR) is 78.4 cm³/mol. The van der Waals surface area contributed by atoms with Gasteiger partial charge in [0.2, 0.25) is 0 Å². The van der Waals surface area contributed by atoms with Crippen molar-refractivity contribution < 1.29 is 4.74 Å². The minimum atomic E-state index is 0.455. The third-order valence-electron chi connectivity index (χ3n) is 5.26. The van der Waals surface area contributed by atoms with Crippen molar-refractivity contribution in [3.63, 3.8) is 0 Å². The molecule has 1 unspecified atom stereocenters. The van der Waals surface area contributed by atoms with Gasteiger partial charge in [0.15, 0.2) is 0 Å². The van der Waals surface area contributed by atoms with E-state index in [-0.39, 0.29) is 0 Å². The summed E-state index contributed by atoms with van der Waals surface area (Å²) in [5.41, 5.74) is 0.455. The van der Waals surface area contributed by atoms with Crippen LogP contribution in [0.4, 0.5) is 0 Å². The lowest BCUT2D eigenvalue weighted by atomic mass is 9.91. The number of rotatable bonds is 6. The van der Waals surface area contributed by atoms with Crippen LogP contribution in [0.5, 0.6) is 0 Å². The molecule has 0 bridgehead atoms. The Hall–Kier alpha value is -0.120. The zero-order valence-electron chi connectivity index (χ0n) is 12.5. The molecule has 3 aliphatic rings. The van der Waals surface area contributed by atoms with Gasteiger partial charge >= 0.3 is 0 Å². The number of hydrogen-bond acceptors (Lipinski definition) is 3. The molecule has 19 heavy (non-hydrogen) atoms. The molecule has 1 N–H and O–H groups in total. The molecule has 3 fully saturated rings. The maximum Gasteiger partial charge on any atom is 0.0593 e. The lowest BCUT2D eigenvalue weighted by Crippen LogP contribution is -2.64. The lowest BCUT2D eigenvalue weighted by molar-refractivity contribution is 0.0344. The van der Waals surface area contributed by atoms with Gasteiger partial charge in [-0.3, -0.25) is 4.90 Å². The minimum absolute atomic E-state index is 0.455. The van der Waals surface area contributed by atoms with Crippen LogP contribution >= 0.6 is 0 Å². The Kier molecular flexibility index (Phi) is 4.45. The first-order valence-corrected chi connectivity index (χ1v) is 8.40. The summed E-state index contributed by atoms with van der Waals surface area (Å²) in [5.74, 6) is 0.970. The fraction of sp³-hybridized carbons (Fsp3) is 1.00. The molecule has 0 aromatic carbocycles. The van der Waals surface area contributed by atoms with Crippen molar-refractivity contribution in [2.45, 2.75) is 63.5 Å². The fourth-order valence-electron chi connectivity index (χ4n) is 4.02. The molecule has 110 valence electrons. The molecular weight excluding hydrogens is 236 g/mol. The lowest BCUT2D eigenvalue weighted by Gasteiger charge is -2.46. The molecule has 1 spiro atoms. The highest BCUT2D eigenvalue weighted by Gasteiger charge is 2.45. The molecular formula is C16H30N2O. The molecule has 1 heterocycles. The van der Waals surface area contributed by atoms with Crippen molar-refractivity contribution in [1.82, 2.24) is 10.2 Å². The first kappa shape index (κ1) is 13.8. The number of ether oxygens (including phenoxy) is 1. The zero-order valence-corrected chi connectivity index (χ0v) is 12.5. The summed E-state index contributed by atoms with van der Waals surface area (Å²) in [7, 11) is 0. The van der Waals surface area contributed by atoms with E-state index < -0.39 is 0 Å². The Balaban J connectivity index is 1.54. The van der Waals surface area contributed by atoms with Gasteiger partial charge in [-0.05, 0) is 38.0 Å². The van der Waals surface area contributed by atoms with E-state index in [0.29, 0.717) is 5.54 Å². The van der Waals surface area contributed by atoms with Crippen molar-refractivity contribution in [2.75, 3.05) is 32.8 Å². The van der Waals surface area contributed by atoms with Crippen LogP contribution in [-0.4, -0.2) is 49.3 Å². The molecule has 3 rings (SSSR count). The standard InChI is InChI=1S/C16H30N2O/c1-2-10-19-11-9-18-13-16(7-3-4-8-16)17-12-15(18)14-5-6-14/h14-15,17H,2-13H2,1H3. The van der Waals surface area contributed by atoms with E-state index in [0.717, 1.165) is 38.1 Å². The normalized spacial score (nSPS) is 31.1. The minimum Gasteiger partial charge on any atom is -0.380 e. The summed E-state index contributed by atoms with van der Waals surface area (Å²) < 4.78 is 5.72. The number of hydrogen-bond donors (Lipinski definition) is 1.